The van der Waals surface area contributed by atoms with Crippen LogP contribution in [0.25, 0.3) is 0 Å². The second-order valence-electron chi connectivity index (χ2n) is 6.40. The fraction of sp³-hybridized carbons (Fsp3) is 0.438. The Morgan fingerprint density at radius 3 is 2.43 bits per heavy atom. The molecule has 1 aromatic rings. The lowest BCUT2D eigenvalue weighted by atomic mass is 9.86. The van der Waals surface area contributed by atoms with Gasteiger partial charge in [0.2, 0.25) is 5.91 Å². The molecule has 2 aliphatic carbocycles. The first-order chi connectivity index (χ1) is 10.8. The van der Waals surface area contributed by atoms with Crippen molar-refractivity contribution < 1.29 is 24.6 Å². The first-order valence-electron chi connectivity index (χ1n) is 7.44. The van der Waals surface area contributed by atoms with E-state index in [-0.39, 0.29) is 30.6 Å². The van der Waals surface area contributed by atoms with Gasteiger partial charge in [0.1, 0.15) is 5.54 Å². The van der Waals surface area contributed by atoms with Crippen LogP contribution < -0.4 is 11.1 Å². The molecular formula is C16H18N2O5. The van der Waals surface area contributed by atoms with Gasteiger partial charge in [-0.05, 0) is 30.4 Å². The summed E-state index contributed by atoms with van der Waals surface area (Å²) < 4.78 is 0. The number of carbonyl (C=O) groups is 3. The third kappa shape index (κ3) is 2.57. The van der Waals surface area contributed by atoms with Gasteiger partial charge in [0.05, 0.1) is 5.92 Å². The maximum atomic E-state index is 12.1. The van der Waals surface area contributed by atoms with Crippen molar-refractivity contribution in [2.45, 2.75) is 18.4 Å². The number of aliphatic carboxylic acids is 2. The van der Waals surface area contributed by atoms with Crippen molar-refractivity contribution in [2.75, 3.05) is 5.32 Å². The number of hydrogen-bond acceptors (Lipinski definition) is 4. The summed E-state index contributed by atoms with van der Waals surface area (Å²) in [5.41, 5.74) is 5.04. The van der Waals surface area contributed by atoms with Crippen LogP contribution in [0, 0.1) is 23.7 Å². The molecule has 5 atom stereocenters. The van der Waals surface area contributed by atoms with Crippen LogP contribution in [0.5, 0.6) is 0 Å². The molecule has 2 fully saturated rings. The van der Waals surface area contributed by atoms with Crippen molar-refractivity contribution in [3.05, 3.63) is 30.3 Å². The third-order valence-corrected chi connectivity index (χ3v) is 5.00. The number of para-hydroxylation sites is 1. The number of benzene rings is 1. The van der Waals surface area contributed by atoms with Gasteiger partial charge >= 0.3 is 11.9 Å². The number of fused-ring (bicyclic) bond motifs is 1. The number of hydrogen-bond donors (Lipinski definition) is 4. The van der Waals surface area contributed by atoms with Crippen LogP contribution in [0.3, 0.4) is 0 Å². The normalized spacial score (nSPS) is 34.5. The fourth-order valence-electron chi connectivity index (χ4n) is 4.02. The van der Waals surface area contributed by atoms with Crippen LogP contribution in [-0.2, 0) is 14.4 Å². The molecule has 1 amide bonds. The standard InChI is InChI=1S/C16H18N2O5/c17-16(15(22)23)7-8(11-12(13(11)16)14(20)21)6-10(19)18-9-4-2-1-3-5-9/h1-5,8,11-13H,6-7,17H2,(H,18,19)(H,20,21)(H,22,23)/t8-,11-,12-,13+,16-/m1/s1. The van der Waals surface area contributed by atoms with Gasteiger partial charge in [0, 0.05) is 18.0 Å². The maximum absolute atomic E-state index is 12.1. The summed E-state index contributed by atoms with van der Waals surface area (Å²) in [6.07, 6.45) is 0.204. The van der Waals surface area contributed by atoms with E-state index in [9.17, 15) is 24.6 Å². The van der Waals surface area contributed by atoms with E-state index in [1.807, 2.05) is 6.07 Å². The lowest BCUT2D eigenvalue weighted by Crippen LogP contribution is -2.50. The molecule has 7 heteroatoms. The van der Waals surface area contributed by atoms with Gasteiger partial charge in [-0.25, -0.2) is 0 Å². The molecule has 7 nitrogen and oxygen atoms in total. The molecule has 0 unspecified atom stereocenters. The largest absolute Gasteiger partial charge is 0.481 e. The van der Waals surface area contributed by atoms with E-state index in [1.165, 1.54) is 0 Å². The summed E-state index contributed by atoms with van der Waals surface area (Å²) in [6, 6.07) is 8.90. The van der Waals surface area contributed by atoms with Gasteiger partial charge < -0.3 is 21.3 Å². The monoisotopic (exact) mass is 318 g/mol. The number of amides is 1. The number of carboxylic acids is 2. The number of anilines is 1. The minimum atomic E-state index is -1.55. The van der Waals surface area contributed by atoms with Crippen LogP contribution in [0.4, 0.5) is 5.69 Å². The molecule has 0 aliphatic heterocycles. The minimum absolute atomic E-state index is 0.0755. The number of nitrogens with one attached hydrogen (secondary N) is 1. The highest BCUT2D eigenvalue weighted by molar-refractivity contribution is 5.91. The van der Waals surface area contributed by atoms with Crippen LogP contribution in [-0.4, -0.2) is 33.6 Å². The van der Waals surface area contributed by atoms with E-state index < -0.39 is 29.3 Å². The van der Waals surface area contributed by atoms with Crippen molar-refractivity contribution in [2.24, 2.45) is 29.4 Å². The smallest absolute Gasteiger partial charge is 0.324 e. The van der Waals surface area contributed by atoms with Crippen LogP contribution in [0.2, 0.25) is 0 Å². The fourth-order valence-corrected chi connectivity index (χ4v) is 4.02. The summed E-state index contributed by atoms with van der Waals surface area (Å²) in [4.78, 5) is 34.8. The molecular weight excluding hydrogens is 300 g/mol. The first-order valence-corrected chi connectivity index (χ1v) is 7.44. The van der Waals surface area contributed by atoms with Gasteiger partial charge in [-0.3, -0.25) is 14.4 Å². The minimum Gasteiger partial charge on any atom is -0.481 e. The Morgan fingerprint density at radius 1 is 1.22 bits per heavy atom. The number of rotatable bonds is 5. The lowest BCUT2D eigenvalue weighted by Gasteiger charge is -2.24. The Hall–Kier alpha value is -2.41. The van der Waals surface area contributed by atoms with Crippen LogP contribution >= 0.6 is 0 Å². The Labute approximate surface area is 132 Å². The van der Waals surface area contributed by atoms with E-state index in [0.717, 1.165) is 0 Å². The Balaban J connectivity index is 1.70. The Kier molecular flexibility index (Phi) is 3.60. The number of carboxylic acid groups (broad SMARTS) is 2. The summed E-state index contributed by atoms with van der Waals surface area (Å²) in [5.74, 6) is -4.51. The van der Waals surface area contributed by atoms with E-state index in [1.54, 1.807) is 24.3 Å². The van der Waals surface area contributed by atoms with E-state index in [4.69, 9.17) is 5.73 Å². The Morgan fingerprint density at radius 2 is 1.87 bits per heavy atom. The van der Waals surface area contributed by atoms with Crippen molar-refractivity contribution in [1.29, 1.82) is 0 Å². The topological polar surface area (TPSA) is 130 Å². The molecule has 0 bridgehead atoms. The molecule has 3 rings (SSSR count). The second kappa shape index (κ2) is 5.34. The molecule has 0 saturated heterocycles. The number of carbonyl (C=O) groups excluding carboxylic acids is 1. The summed E-state index contributed by atoms with van der Waals surface area (Å²) in [5, 5.41) is 21.3. The van der Waals surface area contributed by atoms with Crippen molar-refractivity contribution in [3.63, 3.8) is 0 Å². The van der Waals surface area contributed by atoms with Gasteiger partial charge in [0.25, 0.3) is 0 Å². The van der Waals surface area contributed by atoms with E-state index in [0.29, 0.717) is 5.69 Å². The second-order valence-corrected chi connectivity index (χ2v) is 6.40. The quantitative estimate of drug-likeness (QED) is 0.634. The highest BCUT2D eigenvalue weighted by Gasteiger charge is 2.73. The number of nitrogens with two attached hydrogens (primary N) is 1. The van der Waals surface area contributed by atoms with E-state index in [2.05, 4.69) is 5.32 Å². The molecule has 1 aromatic carbocycles. The highest BCUT2D eigenvalue weighted by Crippen LogP contribution is 2.65. The molecule has 2 aliphatic rings. The molecule has 2 saturated carbocycles. The third-order valence-electron chi connectivity index (χ3n) is 5.00. The highest BCUT2D eigenvalue weighted by atomic mass is 16.4. The van der Waals surface area contributed by atoms with Gasteiger partial charge in [0.15, 0.2) is 0 Å². The average molecular weight is 318 g/mol. The van der Waals surface area contributed by atoms with Crippen molar-refractivity contribution >= 4 is 23.5 Å². The predicted octanol–water partition coefficient (Wildman–Crippen LogP) is 0.764. The van der Waals surface area contributed by atoms with Crippen molar-refractivity contribution in [3.8, 4) is 0 Å². The first kappa shape index (κ1) is 15.5. The average Bonchev–Trinajstić information content (AvgIpc) is 3.17. The lowest BCUT2D eigenvalue weighted by molar-refractivity contribution is -0.146. The van der Waals surface area contributed by atoms with Crippen LogP contribution in [0.1, 0.15) is 12.8 Å². The van der Waals surface area contributed by atoms with Gasteiger partial charge in [-0.2, -0.15) is 0 Å². The zero-order valence-corrected chi connectivity index (χ0v) is 12.3. The molecule has 0 spiro atoms. The summed E-state index contributed by atoms with van der Waals surface area (Å²) >= 11 is 0. The molecule has 0 aromatic heterocycles. The van der Waals surface area contributed by atoms with E-state index >= 15 is 0 Å². The Bertz CT molecular complexity index is 662. The van der Waals surface area contributed by atoms with Crippen molar-refractivity contribution in [1.82, 2.24) is 0 Å². The predicted molar refractivity (Wildman–Crippen MR) is 80.5 cm³/mol. The summed E-state index contributed by atoms with van der Waals surface area (Å²) in [6.45, 7) is 0. The zero-order valence-electron chi connectivity index (χ0n) is 12.3. The SMILES string of the molecule is N[C@]1(C(=O)O)C[C@@H](CC(=O)Nc2ccccc2)[C@@H]2[C@@H](C(=O)O)[C@H]21. The molecule has 5 N–H and O–H groups in total. The summed E-state index contributed by atoms with van der Waals surface area (Å²) in [7, 11) is 0. The molecule has 122 valence electrons. The molecule has 0 heterocycles. The van der Waals surface area contributed by atoms with Crippen LogP contribution in [0.15, 0.2) is 30.3 Å². The van der Waals surface area contributed by atoms with Gasteiger partial charge in [-0.1, -0.05) is 18.2 Å². The van der Waals surface area contributed by atoms with Gasteiger partial charge in [-0.15, -0.1) is 0 Å². The molecule has 0 radical (unpaired) electrons. The molecule has 23 heavy (non-hydrogen) atoms. The zero-order chi connectivity index (χ0) is 16.8. The maximum Gasteiger partial charge on any atom is 0.324 e.